The molecule has 1 unspecified atom stereocenters. The Morgan fingerprint density at radius 3 is 2.41 bits per heavy atom. The quantitative estimate of drug-likeness (QED) is 0.788. The van der Waals surface area contributed by atoms with Crippen LogP contribution in [0.2, 0.25) is 0 Å². The predicted molar refractivity (Wildman–Crippen MR) is 114 cm³/mol. The molecule has 0 saturated carbocycles. The van der Waals surface area contributed by atoms with Gasteiger partial charge < -0.3 is 15.1 Å². The van der Waals surface area contributed by atoms with Crippen LogP contribution in [0.1, 0.15) is 19.3 Å². The SMILES string of the molecule is O=C(CN1C(=O)C(C(=O)N2CCCCC2)Sc2ccccc21)Nc1ccccc1. The predicted octanol–water partition coefficient (Wildman–Crippen LogP) is 3.15. The molecular weight excluding hydrogens is 386 g/mol. The third-order valence-corrected chi connectivity index (χ3v) is 6.38. The normalized spacial score (nSPS) is 18.9. The summed E-state index contributed by atoms with van der Waals surface area (Å²) in [5.74, 6) is -0.773. The smallest absolute Gasteiger partial charge is 0.250 e. The van der Waals surface area contributed by atoms with Crippen LogP contribution in [0.5, 0.6) is 0 Å². The lowest BCUT2D eigenvalue weighted by Gasteiger charge is -2.36. The summed E-state index contributed by atoms with van der Waals surface area (Å²) in [6, 6.07) is 16.6. The molecule has 4 rings (SSSR count). The van der Waals surface area contributed by atoms with E-state index in [1.54, 1.807) is 17.0 Å². The molecule has 0 aromatic heterocycles. The number of anilines is 2. The molecule has 6 nitrogen and oxygen atoms in total. The number of carbonyl (C=O) groups excluding carboxylic acids is 3. The molecule has 2 aromatic rings. The zero-order valence-corrected chi connectivity index (χ0v) is 16.9. The standard InChI is InChI=1S/C22H23N3O3S/c26-19(23-16-9-3-1-4-10-16)15-25-17-11-5-6-12-18(17)29-20(22(25)28)21(27)24-13-7-2-8-14-24/h1,3-6,9-12,20H,2,7-8,13-15H2,(H,23,26). The average Bonchev–Trinajstić information content (AvgIpc) is 2.76. The molecule has 150 valence electrons. The summed E-state index contributed by atoms with van der Waals surface area (Å²) < 4.78 is 0. The van der Waals surface area contributed by atoms with Crippen LogP contribution in [0.25, 0.3) is 0 Å². The van der Waals surface area contributed by atoms with Crippen LogP contribution in [0, 0.1) is 0 Å². The van der Waals surface area contributed by atoms with Crippen molar-refractivity contribution in [3.8, 4) is 0 Å². The van der Waals surface area contributed by atoms with Gasteiger partial charge in [0.25, 0.3) is 5.91 Å². The number of rotatable bonds is 4. The summed E-state index contributed by atoms with van der Waals surface area (Å²) in [4.78, 5) is 43.0. The summed E-state index contributed by atoms with van der Waals surface area (Å²) in [5, 5.41) is 1.97. The maximum absolute atomic E-state index is 13.2. The van der Waals surface area contributed by atoms with E-state index in [9.17, 15) is 14.4 Å². The molecule has 29 heavy (non-hydrogen) atoms. The van der Waals surface area contributed by atoms with Crippen molar-refractivity contribution in [3.63, 3.8) is 0 Å². The number of nitrogens with zero attached hydrogens (tertiary/aromatic N) is 2. The monoisotopic (exact) mass is 409 g/mol. The van der Waals surface area contributed by atoms with Crippen molar-refractivity contribution in [1.29, 1.82) is 0 Å². The summed E-state index contributed by atoms with van der Waals surface area (Å²) >= 11 is 1.29. The van der Waals surface area contributed by atoms with Crippen molar-refractivity contribution in [2.75, 3.05) is 29.9 Å². The third-order valence-electron chi connectivity index (χ3n) is 5.14. The molecule has 0 spiro atoms. The van der Waals surface area contributed by atoms with Crippen molar-refractivity contribution < 1.29 is 14.4 Å². The minimum absolute atomic E-state index is 0.130. The van der Waals surface area contributed by atoms with Crippen molar-refractivity contribution in [2.45, 2.75) is 29.4 Å². The first-order valence-corrected chi connectivity index (χ1v) is 10.7. The van der Waals surface area contributed by atoms with Gasteiger partial charge in [-0.25, -0.2) is 0 Å². The second kappa shape index (κ2) is 8.69. The largest absolute Gasteiger partial charge is 0.341 e. The van der Waals surface area contributed by atoms with E-state index >= 15 is 0 Å². The van der Waals surface area contributed by atoms with E-state index in [-0.39, 0.29) is 24.3 Å². The summed E-state index contributed by atoms with van der Waals surface area (Å²) in [5.41, 5.74) is 1.35. The Morgan fingerprint density at radius 2 is 1.66 bits per heavy atom. The lowest BCUT2D eigenvalue weighted by molar-refractivity contribution is -0.135. The number of para-hydroxylation sites is 2. The number of piperidine rings is 1. The molecular formula is C22H23N3O3S. The van der Waals surface area contributed by atoms with Gasteiger partial charge in [0.1, 0.15) is 6.54 Å². The highest BCUT2D eigenvalue weighted by Gasteiger charge is 2.40. The summed E-state index contributed by atoms with van der Waals surface area (Å²) in [6.07, 6.45) is 3.05. The van der Waals surface area contributed by atoms with Crippen LogP contribution in [-0.2, 0) is 14.4 Å². The molecule has 2 heterocycles. The Labute approximate surface area is 174 Å². The number of hydrogen-bond donors (Lipinski definition) is 1. The highest BCUT2D eigenvalue weighted by atomic mass is 32.2. The number of fused-ring (bicyclic) bond motifs is 1. The zero-order valence-electron chi connectivity index (χ0n) is 16.0. The lowest BCUT2D eigenvalue weighted by Crippen LogP contribution is -2.52. The molecule has 0 bridgehead atoms. The van der Waals surface area contributed by atoms with Crippen LogP contribution >= 0.6 is 11.8 Å². The van der Waals surface area contributed by atoms with E-state index in [4.69, 9.17) is 0 Å². The number of hydrogen-bond acceptors (Lipinski definition) is 4. The third kappa shape index (κ3) is 4.29. The summed E-state index contributed by atoms with van der Waals surface area (Å²) in [7, 11) is 0. The van der Waals surface area contributed by atoms with E-state index in [0.717, 1.165) is 24.2 Å². The van der Waals surface area contributed by atoms with Crippen molar-refractivity contribution in [3.05, 3.63) is 54.6 Å². The van der Waals surface area contributed by atoms with Crippen molar-refractivity contribution in [2.24, 2.45) is 0 Å². The van der Waals surface area contributed by atoms with Gasteiger partial charge in [-0.15, -0.1) is 11.8 Å². The van der Waals surface area contributed by atoms with Gasteiger partial charge >= 0.3 is 0 Å². The van der Waals surface area contributed by atoms with Crippen LogP contribution < -0.4 is 10.2 Å². The van der Waals surface area contributed by atoms with Crippen LogP contribution in [0.3, 0.4) is 0 Å². The fourth-order valence-electron chi connectivity index (χ4n) is 3.68. The molecule has 1 N–H and O–H groups in total. The molecule has 1 fully saturated rings. The topological polar surface area (TPSA) is 69.7 Å². The van der Waals surface area contributed by atoms with E-state index < -0.39 is 5.25 Å². The molecule has 7 heteroatoms. The maximum Gasteiger partial charge on any atom is 0.250 e. The second-order valence-electron chi connectivity index (χ2n) is 7.19. The van der Waals surface area contributed by atoms with Gasteiger partial charge in [-0.3, -0.25) is 14.4 Å². The van der Waals surface area contributed by atoms with E-state index in [1.807, 2.05) is 42.5 Å². The van der Waals surface area contributed by atoms with Crippen LogP contribution in [-0.4, -0.2) is 47.5 Å². The first kappa shape index (κ1) is 19.5. The minimum atomic E-state index is -0.840. The number of nitrogens with one attached hydrogen (secondary N) is 1. The van der Waals surface area contributed by atoms with Gasteiger partial charge in [0.05, 0.1) is 5.69 Å². The average molecular weight is 410 g/mol. The fraction of sp³-hybridized carbons (Fsp3) is 0.318. The molecule has 3 amide bonds. The zero-order chi connectivity index (χ0) is 20.2. The molecule has 1 saturated heterocycles. The van der Waals surface area contributed by atoms with E-state index in [0.29, 0.717) is 24.5 Å². The van der Waals surface area contributed by atoms with Crippen molar-refractivity contribution >= 4 is 40.9 Å². The number of benzene rings is 2. The Bertz CT molecular complexity index is 913. The molecule has 2 aromatic carbocycles. The van der Waals surface area contributed by atoms with E-state index in [2.05, 4.69) is 5.32 Å². The molecule has 0 radical (unpaired) electrons. The van der Waals surface area contributed by atoms with Crippen LogP contribution in [0.15, 0.2) is 59.5 Å². The lowest BCUT2D eigenvalue weighted by atomic mass is 10.1. The Hall–Kier alpha value is -2.80. The number of amides is 3. The fourth-order valence-corrected chi connectivity index (χ4v) is 4.87. The minimum Gasteiger partial charge on any atom is -0.341 e. The van der Waals surface area contributed by atoms with Gasteiger partial charge in [0.2, 0.25) is 11.8 Å². The highest BCUT2D eigenvalue weighted by Crippen LogP contribution is 2.39. The molecule has 2 aliphatic heterocycles. The number of carbonyl (C=O) groups is 3. The Kier molecular flexibility index (Phi) is 5.85. The summed E-state index contributed by atoms with van der Waals surface area (Å²) in [6.45, 7) is 1.26. The maximum atomic E-state index is 13.2. The van der Waals surface area contributed by atoms with Gasteiger partial charge in [-0.2, -0.15) is 0 Å². The second-order valence-corrected chi connectivity index (χ2v) is 8.34. The van der Waals surface area contributed by atoms with Crippen molar-refractivity contribution in [1.82, 2.24) is 4.90 Å². The Morgan fingerprint density at radius 1 is 0.966 bits per heavy atom. The van der Waals surface area contributed by atoms with Gasteiger partial charge in [0, 0.05) is 23.7 Å². The van der Waals surface area contributed by atoms with Crippen LogP contribution in [0.4, 0.5) is 11.4 Å². The first-order chi connectivity index (χ1) is 14.1. The van der Waals surface area contributed by atoms with Gasteiger partial charge in [0.15, 0.2) is 5.25 Å². The molecule has 0 aliphatic carbocycles. The number of thioether (sulfide) groups is 1. The first-order valence-electron chi connectivity index (χ1n) is 9.84. The highest BCUT2D eigenvalue weighted by molar-refractivity contribution is 8.01. The van der Waals surface area contributed by atoms with Gasteiger partial charge in [-0.1, -0.05) is 30.3 Å². The molecule has 2 aliphatic rings. The number of likely N-dealkylation sites (tertiary alicyclic amines) is 1. The molecule has 1 atom stereocenters. The van der Waals surface area contributed by atoms with E-state index in [1.165, 1.54) is 16.7 Å². The Balaban J connectivity index is 1.55. The van der Waals surface area contributed by atoms with Gasteiger partial charge in [-0.05, 0) is 43.5 Å².